The molecule has 0 unspecified atom stereocenters. The highest BCUT2D eigenvalue weighted by Crippen LogP contribution is 2.19. The quantitative estimate of drug-likeness (QED) is 0.594. The lowest BCUT2D eigenvalue weighted by Crippen LogP contribution is -2.09. The molecule has 0 saturated heterocycles. The van der Waals surface area contributed by atoms with E-state index in [9.17, 15) is 9.59 Å². The molecule has 1 rings (SSSR count). The molecule has 0 aromatic heterocycles. The molecule has 0 amide bonds. The van der Waals surface area contributed by atoms with E-state index in [1.165, 1.54) is 0 Å². The maximum Gasteiger partial charge on any atom is 0.341 e. The van der Waals surface area contributed by atoms with Crippen LogP contribution in [0.25, 0.3) is 0 Å². The van der Waals surface area contributed by atoms with Crippen LogP contribution in [0.5, 0.6) is 5.75 Å². The van der Waals surface area contributed by atoms with Crippen molar-refractivity contribution in [3.05, 3.63) is 29.8 Å². The Morgan fingerprint density at radius 3 is 2.67 bits per heavy atom. The summed E-state index contributed by atoms with van der Waals surface area (Å²) in [6.45, 7) is 2.28. The summed E-state index contributed by atoms with van der Waals surface area (Å²) >= 11 is 0. The summed E-state index contributed by atoms with van der Waals surface area (Å²) in [6, 6.07) is 6.74. The summed E-state index contributed by atoms with van der Waals surface area (Å²) in [5.41, 5.74) is 0.356. The predicted octanol–water partition coefficient (Wildman–Crippen LogP) is 2.11. The van der Waals surface area contributed by atoms with Gasteiger partial charge in [-0.05, 0) is 25.5 Å². The minimum Gasteiger partial charge on any atom is -0.493 e. The fourth-order valence-corrected chi connectivity index (χ4v) is 1.38. The van der Waals surface area contributed by atoms with Gasteiger partial charge in [-0.1, -0.05) is 12.1 Å². The van der Waals surface area contributed by atoms with Crippen LogP contribution in [0.15, 0.2) is 24.3 Å². The maximum atomic E-state index is 11.6. The molecule has 1 aromatic rings. The average molecular weight is 252 g/mol. The van der Waals surface area contributed by atoms with Gasteiger partial charge in [0, 0.05) is 6.42 Å². The molecule has 1 N–H and O–H groups in total. The van der Waals surface area contributed by atoms with E-state index in [1.54, 1.807) is 31.2 Å². The zero-order valence-electron chi connectivity index (χ0n) is 10.2. The van der Waals surface area contributed by atoms with Crippen molar-refractivity contribution in [1.29, 1.82) is 0 Å². The zero-order valence-corrected chi connectivity index (χ0v) is 10.2. The second kappa shape index (κ2) is 7.32. The Labute approximate surface area is 105 Å². The van der Waals surface area contributed by atoms with Crippen LogP contribution in [0.1, 0.15) is 30.1 Å². The molecule has 5 heteroatoms. The van der Waals surface area contributed by atoms with Gasteiger partial charge in [-0.25, -0.2) is 4.79 Å². The molecule has 0 spiro atoms. The Hall–Kier alpha value is -2.04. The Balaban J connectivity index is 2.59. The summed E-state index contributed by atoms with van der Waals surface area (Å²) < 4.78 is 10.3. The molecule has 0 atom stereocenters. The second-order valence-corrected chi connectivity index (χ2v) is 3.56. The lowest BCUT2D eigenvalue weighted by molar-refractivity contribution is -0.137. The Morgan fingerprint density at radius 2 is 2.00 bits per heavy atom. The van der Waals surface area contributed by atoms with E-state index >= 15 is 0 Å². The van der Waals surface area contributed by atoms with Gasteiger partial charge in [-0.3, -0.25) is 4.79 Å². The minimum absolute atomic E-state index is 0.0432. The average Bonchev–Trinajstić information content (AvgIpc) is 2.35. The number of hydrogen-bond donors (Lipinski definition) is 1. The van der Waals surface area contributed by atoms with E-state index in [0.29, 0.717) is 24.3 Å². The van der Waals surface area contributed by atoms with E-state index in [1.807, 2.05) is 0 Å². The van der Waals surface area contributed by atoms with Crippen LogP contribution in [0.2, 0.25) is 0 Å². The molecule has 0 bridgehead atoms. The molecule has 0 aliphatic heterocycles. The van der Waals surface area contributed by atoms with Gasteiger partial charge in [0.2, 0.25) is 0 Å². The fraction of sp³-hybridized carbons (Fsp3) is 0.385. The topological polar surface area (TPSA) is 72.8 Å². The number of para-hydroxylation sites is 1. The van der Waals surface area contributed by atoms with E-state index in [0.717, 1.165) is 0 Å². The monoisotopic (exact) mass is 252 g/mol. The van der Waals surface area contributed by atoms with Gasteiger partial charge in [-0.15, -0.1) is 0 Å². The maximum absolute atomic E-state index is 11.6. The fourth-order valence-electron chi connectivity index (χ4n) is 1.38. The number of carbonyl (C=O) groups is 2. The summed E-state index contributed by atoms with van der Waals surface area (Å²) in [4.78, 5) is 22.0. The van der Waals surface area contributed by atoms with Crippen molar-refractivity contribution in [2.24, 2.45) is 0 Å². The van der Waals surface area contributed by atoms with Crippen LogP contribution in [0, 0.1) is 0 Å². The summed E-state index contributed by atoms with van der Waals surface area (Å²) in [5, 5.41) is 8.49. The van der Waals surface area contributed by atoms with Crippen molar-refractivity contribution in [1.82, 2.24) is 0 Å². The summed E-state index contributed by atoms with van der Waals surface area (Å²) in [7, 11) is 0. The first-order valence-electron chi connectivity index (χ1n) is 5.76. The first-order valence-corrected chi connectivity index (χ1v) is 5.76. The normalized spacial score (nSPS) is 9.83. The largest absolute Gasteiger partial charge is 0.493 e. The van der Waals surface area contributed by atoms with Crippen LogP contribution >= 0.6 is 0 Å². The molecule has 0 radical (unpaired) electrons. The van der Waals surface area contributed by atoms with Crippen LogP contribution in [-0.4, -0.2) is 30.3 Å². The molecular formula is C13H16O5. The molecule has 98 valence electrons. The Morgan fingerprint density at radius 1 is 1.28 bits per heavy atom. The van der Waals surface area contributed by atoms with Crippen molar-refractivity contribution < 1.29 is 24.2 Å². The Kier molecular flexibility index (Phi) is 5.70. The second-order valence-electron chi connectivity index (χ2n) is 3.56. The van der Waals surface area contributed by atoms with E-state index in [-0.39, 0.29) is 13.0 Å². The van der Waals surface area contributed by atoms with Crippen molar-refractivity contribution in [2.45, 2.75) is 19.8 Å². The minimum atomic E-state index is -0.864. The highest BCUT2D eigenvalue weighted by molar-refractivity contribution is 5.92. The standard InChI is InChI=1S/C13H16O5/c1-2-17-13(16)10-6-3-4-7-11(10)18-9-5-8-12(14)15/h3-4,6-7H,2,5,8-9H2,1H3,(H,14,15). The third-order valence-electron chi connectivity index (χ3n) is 2.17. The van der Waals surface area contributed by atoms with E-state index in [4.69, 9.17) is 14.6 Å². The predicted molar refractivity (Wildman–Crippen MR) is 64.8 cm³/mol. The number of ether oxygens (including phenoxy) is 2. The lowest BCUT2D eigenvalue weighted by atomic mass is 10.2. The zero-order chi connectivity index (χ0) is 13.4. The third kappa shape index (κ3) is 4.45. The van der Waals surface area contributed by atoms with E-state index in [2.05, 4.69) is 0 Å². The number of aliphatic carboxylic acids is 1. The number of hydrogen-bond acceptors (Lipinski definition) is 4. The first-order chi connectivity index (χ1) is 8.65. The van der Waals surface area contributed by atoms with Crippen LogP contribution in [-0.2, 0) is 9.53 Å². The number of benzene rings is 1. The van der Waals surface area contributed by atoms with Gasteiger partial charge in [0.1, 0.15) is 11.3 Å². The van der Waals surface area contributed by atoms with Gasteiger partial charge in [0.25, 0.3) is 0 Å². The number of rotatable bonds is 7. The molecule has 0 heterocycles. The van der Waals surface area contributed by atoms with Gasteiger partial charge in [0.15, 0.2) is 0 Å². The van der Waals surface area contributed by atoms with Gasteiger partial charge in [0.05, 0.1) is 13.2 Å². The highest BCUT2D eigenvalue weighted by Gasteiger charge is 2.12. The van der Waals surface area contributed by atoms with Crippen LogP contribution in [0.3, 0.4) is 0 Å². The molecular weight excluding hydrogens is 236 g/mol. The molecule has 18 heavy (non-hydrogen) atoms. The molecule has 0 aliphatic carbocycles. The van der Waals surface area contributed by atoms with Crippen molar-refractivity contribution in [3.63, 3.8) is 0 Å². The molecule has 0 aliphatic rings. The van der Waals surface area contributed by atoms with Gasteiger partial charge >= 0.3 is 11.9 Å². The SMILES string of the molecule is CCOC(=O)c1ccccc1OCCCC(=O)O. The first kappa shape index (κ1) is 14.0. The van der Waals surface area contributed by atoms with Gasteiger partial charge < -0.3 is 14.6 Å². The smallest absolute Gasteiger partial charge is 0.341 e. The summed E-state index contributed by atoms with van der Waals surface area (Å²) in [5.74, 6) is -0.884. The molecule has 5 nitrogen and oxygen atoms in total. The number of carboxylic acid groups (broad SMARTS) is 1. The number of carbonyl (C=O) groups excluding carboxylic acids is 1. The third-order valence-corrected chi connectivity index (χ3v) is 2.17. The van der Waals surface area contributed by atoms with Crippen molar-refractivity contribution >= 4 is 11.9 Å². The molecule has 0 saturated carbocycles. The Bertz CT molecular complexity index is 414. The highest BCUT2D eigenvalue weighted by atomic mass is 16.5. The number of esters is 1. The molecule has 1 aromatic carbocycles. The number of carboxylic acids is 1. The molecule has 0 fully saturated rings. The van der Waals surface area contributed by atoms with Gasteiger partial charge in [-0.2, -0.15) is 0 Å². The van der Waals surface area contributed by atoms with Crippen molar-refractivity contribution in [3.8, 4) is 5.75 Å². The van der Waals surface area contributed by atoms with E-state index < -0.39 is 11.9 Å². The lowest BCUT2D eigenvalue weighted by Gasteiger charge is -2.10. The van der Waals surface area contributed by atoms with Crippen LogP contribution in [0.4, 0.5) is 0 Å². The van der Waals surface area contributed by atoms with Crippen molar-refractivity contribution in [2.75, 3.05) is 13.2 Å². The van der Waals surface area contributed by atoms with Crippen LogP contribution < -0.4 is 4.74 Å². The summed E-state index contributed by atoms with van der Waals surface area (Å²) in [6.07, 6.45) is 0.439.